The average Bonchev–Trinajstić information content (AvgIpc) is 3.28. The average molecular weight is 523 g/mol. The van der Waals surface area contributed by atoms with Crippen LogP contribution in [0.15, 0.2) is 88.6 Å². The molecule has 5 rings (SSSR count). The molecule has 4 nitrogen and oxygen atoms in total. The monoisotopic (exact) mass is 522 g/mol. The molecule has 0 bridgehead atoms. The minimum absolute atomic E-state index is 0.0262. The van der Waals surface area contributed by atoms with Gasteiger partial charge in [0.1, 0.15) is 0 Å². The van der Waals surface area contributed by atoms with Crippen molar-refractivity contribution < 1.29 is 22.8 Å². The minimum Gasteiger partial charge on any atom is -0.362 e. The third-order valence-electron chi connectivity index (χ3n) is 6.95. The van der Waals surface area contributed by atoms with Crippen LogP contribution in [0.4, 0.5) is 18.9 Å². The van der Waals surface area contributed by atoms with E-state index in [2.05, 4.69) is 10.6 Å². The molecule has 2 aliphatic rings. The number of aryl methyl sites for hydroxylation is 1. The van der Waals surface area contributed by atoms with Crippen LogP contribution in [-0.4, -0.2) is 11.7 Å². The van der Waals surface area contributed by atoms with Gasteiger partial charge in [-0.05, 0) is 67.0 Å². The number of halogens is 3. The third kappa shape index (κ3) is 4.85. The Hall–Kier alpha value is -3.65. The number of Topliss-reactive ketones (excluding diaryl/α,β-unsaturated/α-hetero) is 1. The molecule has 0 saturated carbocycles. The molecule has 190 valence electrons. The lowest BCUT2D eigenvalue weighted by molar-refractivity contribution is -0.137. The van der Waals surface area contributed by atoms with Gasteiger partial charge < -0.3 is 10.6 Å². The molecule has 1 amide bonds. The lowest BCUT2D eigenvalue weighted by atomic mass is 9.73. The van der Waals surface area contributed by atoms with E-state index in [0.29, 0.717) is 29.7 Å². The first-order chi connectivity index (χ1) is 17.6. The largest absolute Gasteiger partial charge is 0.416 e. The quantitative estimate of drug-likeness (QED) is 0.385. The van der Waals surface area contributed by atoms with E-state index >= 15 is 0 Å². The molecule has 2 N–H and O–H groups in total. The molecule has 0 spiro atoms. The topological polar surface area (TPSA) is 58.2 Å². The lowest BCUT2D eigenvalue weighted by Crippen LogP contribution is -2.37. The van der Waals surface area contributed by atoms with Gasteiger partial charge in [0.05, 0.1) is 11.5 Å². The number of allylic oxidation sites excluding steroid dienone is 3. The van der Waals surface area contributed by atoms with Crippen LogP contribution in [0.1, 0.15) is 53.2 Å². The summed E-state index contributed by atoms with van der Waals surface area (Å²) in [5, 5.41) is 7.88. The van der Waals surface area contributed by atoms with Crippen LogP contribution < -0.4 is 10.6 Å². The predicted molar refractivity (Wildman–Crippen MR) is 138 cm³/mol. The summed E-state index contributed by atoms with van der Waals surface area (Å²) < 4.78 is 39.7. The van der Waals surface area contributed by atoms with Crippen LogP contribution in [0.2, 0.25) is 0 Å². The fourth-order valence-corrected chi connectivity index (χ4v) is 6.26. The van der Waals surface area contributed by atoms with Gasteiger partial charge in [0.2, 0.25) is 0 Å². The summed E-state index contributed by atoms with van der Waals surface area (Å²) in [6.45, 7) is 3.71. The van der Waals surface area contributed by atoms with Crippen LogP contribution in [-0.2, 0) is 15.8 Å². The van der Waals surface area contributed by atoms with E-state index in [1.54, 1.807) is 6.92 Å². The molecule has 0 unspecified atom stereocenters. The number of benzene rings is 2. The summed E-state index contributed by atoms with van der Waals surface area (Å²) in [6, 6.07) is 16.4. The van der Waals surface area contributed by atoms with Crippen LogP contribution in [0.25, 0.3) is 0 Å². The van der Waals surface area contributed by atoms with Gasteiger partial charge in [0.25, 0.3) is 5.91 Å². The maximum atomic E-state index is 13.6. The molecule has 0 fully saturated rings. The fraction of sp³-hybridized carbons (Fsp3) is 0.241. The second-order valence-electron chi connectivity index (χ2n) is 9.43. The van der Waals surface area contributed by atoms with Crippen LogP contribution in [0, 0.1) is 6.92 Å². The maximum absolute atomic E-state index is 13.6. The van der Waals surface area contributed by atoms with Crippen molar-refractivity contribution in [1.29, 1.82) is 0 Å². The van der Waals surface area contributed by atoms with Gasteiger partial charge in [-0.3, -0.25) is 9.59 Å². The van der Waals surface area contributed by atoms with Crippen molar-refractivity contribution in [2.45, 2.75) is 44.7 Å². The zero-order chi connectivity index (χ0) is 26.3. The Labute approximate surface area is 216 Å². The molecule has 8 heteroatoms. The number of carbonyl (C=O) groups is 2. The summed E-state index contributed by atoms with van der Waals surface area (Å²) in [5.41, 5.74) is 3.54. The van der Waals surface area contributed by atoms with Crippen molar-refractivity contribution >= 4 is 28.7 Å². The predicted octanol–water partition coefficient (Wildman–Crippen LogP) is 7.08. The Bertz CT molecular complexity index is 1440. The molecular formula is C29H25F3N2O2S. The van der Waals surface area contributed by atoms with E-state index in [0.717, 1.165) is 33.8 Å². The lowest BCUT2D eigenvalue weighted by Gasteiger charge is -2.36. The zero-order valence-corrected chi connectivity index (χ0v) is 21.1. The molecular weight excluding hydrogens is 497 g/mol. The van der Waals surface area contributed by atoms with Crippen molar-refractivity contribution in [2.24, 2.45) is 0 Å². The first kappa shape index (κ1) is 25.0. The summed E-state index contributed by atoms with van der Waals surface area (Å²) in [7, 11) is 0. The number of dihydropyridines is 1. The SMILES string of the molecule is CC1=C(C(=O)Nc2cccc(C(F)(F)F)c2)[C@H](c2sccc2C)C2=C(C[C@@H](c3ccccc3)CC2=O)N1. The summed E-state index contributed by atoms with van der Waals surface area (Å²) >= 11 is 1.47. The van der Waals surface area contributed by atoms with Gasteiger partial charge in [-0.2, -0.15) is 13.2 Å². The van der Waals surface area contributed by atoms with Crippen molar-refractivity contribution in [3.05, 3.63) is 110 Å². The second kappa shape index (κ2) is 9.67. The normalized spacial score (nSPS) is 20.0. The summed E-state index contributed by atoms with van der Waals surface area (Å²) in [4.78, 5) is 28.1. The van der Waals surface area contributed by atoms with Gasteiger partial charge >= 0.3 is 6.18 Å². The first-order valence-corrected chi connectivity index (χ1v) is 12.8. The number of anilines is 1. The zero-order valence-electron chi connectivity index (χ0n) is 20.3. The number of hydrogen-bond donors (Lipinski definition) is 2. The molecule has 37 heavy (non-hydrogen) atoms. The highest BCUT2D eigenvalue weighted by atomic mass is 32.1. The number of carbonyl (C=O) groups excluding carboxylic acids is 2. The molecule has 1 aliphatic heterocycles. The highest BCUT2D eigenvalue weighted by molar-refractivity contribution is 7.10. The van der Waals surface area contributed by atoms with Gasteiger partial charge in [-0.15, -0.1) is 11.3 Å². The standard InChI is InChI=1S/C29H25F3N2O2S/c1-16-11-12-37-27(16)26-24(28(36)34-21-10-6-9-20(15-21)29(30,31)32)17(2)33-22-13-19(14-23(35)25(22)26)18-7-4-3-5-8-18/h3-12,15,19,26,33H,13-14H2,1-2H3,(H,34,36)/t19-,26+/m1/s1. The molecule has 3 aromatic rings. The van der Waals surface area contributed by atoms with Crippen molar-refractivity contribution in [3.63, 3.8) is 0 Å². The van der Waals surface area contributed by atoms with E-state index in [-0.39, 0.29) is 17.4 Å². The van der Waals surface area contributed by atoms with Crippen LogP contribution in [0.3, 0.4) is 0 Å². The van der Waals surface area contributed by atoms with E-state index in [1.165, 1.54) is 23.5 Å². The number of amides is 1. The molecule has 1 aromatic heterocycles. The van der Waals surface area contributed by atoms with E-state index in [1.807, 2.05) is 48.7 Å². The third-order valence-corrected chi connectivity index (χ3v) is 8.04. The number of nitrogens with one attached hydrogen (secondary N) is 2. The molecule has 2 atom stereocenters. The van der Waals surface area contributed by atoms with E-state index < -0.39 is 23.6 Å². The van der Waals surface area contributed by atoms with Gasteiger partial charge in [0, 0.05) is 39.5 Å². The smallest absolute Gasteiger partial charge is 0.362 e. The Kier molecular flexibility index (Phi) is 6.54. The second-order valence-corrected chi connectivity index (χ2v) is 10.4. The Morgan fingerprint density at radius 1 is 1.03 bits per heavy atom. The maximum Gasteiger partial charge on any atom is 0.416 e. The van der Waals surface area contributed by atoms with Gasteiger partial charge in [-0.25, -0.2) is 0 Å². The van der Waals surface area contributed by atoms with Crippen molar-refractivity contribution in [1.82, 2.24) is 5.32 Å². The molecule has 0 saturated heterocycles. The van der Waals surface area contributed by atoms with Crippen LogP contribution in [0.5, 0.6) is 0 Å². The van der Waals surface area contributed by atoms with Gasteiger partial charge in [0.15, 0.2) is 5.78 Å². The first-order valence-electron chi connectivity index (χ1n) is 11.9. The van der Waals surface area contributed by atoms with Crippen molar-refractivity contribution in [2.75, 3.05) is 5.32 Å². The number of thiophene rings is 1. The summed E-state index contributed by atoms with van der Waals surface area (Å²) in [5.74, 6) is -1.13. The highest BCUT2D eigenvalue weighted by Gasteiger charge is 2.42. The minimum atomic E-state index is -4.53. The number of rotatable bonds is 4. The van der Waals surface area contributed by atoms with Gasteiger partial charge in [-0.1, -0.05) is 36.4 Å². The Balaban J connectivity index is 1.53. The molecule has 2 aromatic carbocycles. The highest BCUT2D eigenvalue weighted by Crippen LogP contribution is 2.47. The molecule has 0 radical (unpaired) electrons. The molecule has 2 heterocycles. The Morgan fingerprint density at radius 2 is 1.78 bits per heavy atom. The summed E-state index contributed by atoms with van der Waals surface area (Å²) in [6.07, 6.45) is -3.57. The number of ketones is 1. The molecule has 1 aliphatic carbocycles. The van der Waals surface area contributed by atoms with Crippen LogP contribution >= 0.6 is 11.3 Å². The number of alkyl halides is 3. The number of hydrogen-bond acceptors (Lipinski definition) is 4. The Morgan fingerprint density at radius 3 is 2.46 bits per heavy atom. The van der Waals surface area contributed by atoms with E-state index in [4.69, 9.17) is 0 Å². The fourth-order valence-electron chi connectivity index (χ4n) is 5.22. The van der Waals surface area contributed by atoms with Crippen molar-refractivity contribution in [3.8, 4) is 0 Å². The van der Waals surface area contributed by atoms with E-state index in [9.17, 15) is 22.8 Å².